The second kappa shape index (κ2) is 8.64. The Bertz CT molecular complexity index is 2040. The third-order valence-corrected chi connectivity index (χ3v) is 6.22. The molecule has 0 spiro atoms. The monoisotopic (exact) mass is 482 g/mol. The third-order valence-electron chi connectivity index (χ3n) is 6.22. The lowest BCUT2D eigenvalue weighted by molar-refractivity contribution is -0.660. The fraction of sp³-hybridized carbons (Fsp3) is 0.273. The zero-order valence-corrected chi connectivity index (χ0v) is 21.0. The fourth-order valence-electron chi connectivity index (χ4n) is 4.64. The van der Waals surface area contributed by atoms with Crippen molar-refractivity contribution in [2.24, 2.45) is 12.5 Å². The Labute approximate surface area is 226 Å². The first-order valence-electron chi connectivity index (χ1n) is 16.2. The second-order valence-corrected chi connectivity index (χ2v) is 10.2. The first-order chi connectivity index (χ1) is 20.7. The predicted octanol–water partition coefficient (Wildman–Crippen LogP) is 8.81. The van der Waals surface area contributed by atoms with Crippen LogP contribution in [0.25, 0.3) is 49.2 Å². The summed E-state index contributed by atoms with van der Waals surface area (Å²) in [4.78, 5) is 3.50. The van der Waals surface area contributed by atoms with E-state index >= 15 is 0 Å². The largest absolute Gasteiger partial charge is 0.456 e. The number of furan rings is 1. The van der Waals surface area contributed by atoms with Crippen LogP contribution in [0.2, 0.25) is 0 Å². The molecule has 3 nitrogen and oxygen atoms in total. The molecule has 0 saturated carbocycles. The van der Waals surface area contributed by atoms with Crippen molar-refractivity contribution in [2.75, 3.05) is 0 Å². The van der Waals surface area contributed by atoms with Crippen molar-refractivity contribution in [3.05, 3.63) is 94.4 Å². The minimum absolute atomic E-state index is 0.0358. The molecular formula is C33H33N2O+. The van der Waals surface area contributed by atoms with Crippen LogP contribution in [0, 0.1) is 32.6 Å². The Hall–Kier alpha value is -3.90. The maximum absolute atomic E-state index is 9.02. The average Bonchev–Trinajstić information content (AvgIpc) is 3.28. The summed E-state index contributed by atoms with van der Waals surface area (Å²) in [6, 6.07) is 12.9. The van der Waals surface area contributed by atoms with E-state index in [1.807, 2.05) is 25.1 Å². The average molecular weight is 483 g/mol. The number of hydrogen-bond donors (Lipinski definition) is 0. The van der Waals surface area contributed by atoms with Gasteiger partial charge in [-0.25, -0.2) is 9.41 Å². The van der Waals surface area contributed by atoms with Gasteiger partial charge in [-0.1, -0.05) is 63.2 Å². The van der Waals surface area contributed by atoms with Gasteiger partial charge in [0.2, 0.25) is 5.69 Å². The summed E-state index contributed by atoms with van der Waals surface area (Å²) in [7, 11) is 1.69. The van der Waals surface area contributed by atoms with Gasteiger partial charge in [-0.15, -0.1) is 0 Å². The highest BCUT2D eigenvalue weighted by Gasteiger charge is 2.23. The number of pyridine rings is 1. The van der Waals surface area contributed by atoms with Gasteiger partial charge < -0.3 is 4.42 Å². The first-order valence-corrected chi connectivity index (χ1v) is 11.7. The lowest BCUT2D eigenvalue weighted by atomic mass is 9.86. The summed E-state index contributed by atoms with van der Waals surface area (Å²) in [5, 5.41) is 1.60. The Kier molecular flexibility index (Phi) is 3.66. The second-order valence-electron chi connectivity index (χ2n) is 10.2. The Morgan fingerprint density at radius 3 is 2.50 bits per heavy atom. The summed E-state index contributed by atoms with van der Waals surface area (Å²) in [5.41, 5.74) is 2.09. The molecule has 36 heavy (non-hydrogen) atoms. The maximum atomic E-state index is 9.02. The van der Waals surface area contributed by atoms with Crippen LogP contribution in [0.4, 0.5) is 5.69 Å². The standard InChI is InChI=1S/C33H33N2O/c1-20-9-12-27-26-14-11-24(34-7)16-30(26)36-32(27)31(20)29-17-28(22(3)19-35(29)8)25-13-10-23(15-21(25)2)18-33(4,5)6/h9-17,19H,18H2,1-6,8H3/q+1/i2D3,3D3,13D,18D2. The molecular weight excluding hydrogens is 440 g/mol. The van der Waals surface area contributed by atoms with Gasteiger partial charge in [0, 0.05) is 33.4 Å². The minimum Gasteiger partial charge on any atom is -0.456 e. The van der Waals surface area contributed by atoms with Crippen LogP contribution in [0.1, 0.15) is 55.4 Å². The molecule has 180 valence electrons. The molecule has 2 heterocycles. The van der Waals surface area contributed by atoms with Gasteiger partial charge in [0.05, 0.1) is 13.5 Å². The number of aromatic nitrogens is 1. The van der Waals surface area contributed by atoms with Crippen molar-refractivity contribution in [3.8, 4) is 22.4 Å². The number of hydrogen-bond acceptors (Lipinski definition) is 1. The normalized spacial score (nSPS) is 16.6. The summed E-state index contributed by atoms with van der Waals surface area (Å²) < 4.78 is 84.7. The van der Waals surface area contributed by atoms with E-state index < -0.39 is 25.5 Å². The van der Waals surface area contributed by atoms with Crippen molar-refractivity contribution in [2.45, 2.75) is 47.8 Å². The molecule has 5 rings (SSSR count). The van der Waals surface area contributed by atoms with Crippen molar-refractivity contribution < 1.29 is 21.3 Å². The molecule has 0 radical (unpaired) electrons. The fourth-order valence-corrected chi connectivity index (χ4v) is 4.64. The topological polar surface area (TPSA) is 21.4 Å². The molecule has 0 aliphatic heterocycles. The lowest BCUT2D eigenvalue weighted by Gasteiger charge is -2.19. The van der Waals surface area contributed by atoms with Crippen LogP contribution in [0.5, 0.6) is 0 Å². The Morgan fingerprint density at radius 2 is 1.78 bits per heavy atom. The summed E-state index contributed by atoms with van der Waals surface area (Å²) in [5.74, 6) is 0. The lowest BCUT2D eigenvalue weighted by Crippen LogP contribution is -2.31. The van der Waals surface area contributed by atoms with Gasteiger partial charge in [0.15, 0.2) is 11.9 Å². The van der Waals surface area contributed by atoms with Gasteiger partial charge in [0.1, 0.15) is 18.2 Å². The van der Waals surface area contributed by atoms with Crippen LogP contribution in [-0.4, -0.2) is 0 Å². The highest BCUT2D eigenvalue weighted by molar-refractivity contribution is 6.10. The predicted molar refractivity (Wildman–Crippen MR) is 149 cm³/mol. The van der Waals surface area contributed by atoms with E-state index in [-0.39, 0.29) is 33.9 Å². The van der Waals surface area contributed by atoms with Crippen molar-refractivity contribution in [1.29, 1.82) is 0 Å². The van der Waals surface area contributed by atoms with E-state index in [0.717, 1.165) is 16.3 Å². The molecule has 3 aromatic carbocycles. The molecule has 2 aromatic heterocycles. The molecule has 0 unspecified atom stereocenters. The molecule has 0 N–H and O–H groups in total. The van der Waals surface area contributed by atoms with Gasteiger partial charge >= 0.3 is 0 Å². The molecule has 0 amide bonds. The first kappa shape index (κ1) is 15.3. The smallest absolute Gasteiger partial charge is 0.216 e. The summed E-state index contributed by atoms with van der Waals surface area (Å²) in [6.07, 6.45) is -0.551. The molecule has 0 bridgehead atoms. The number of fused-ring (bicyclic) bond motifs is 3. The van der Waals surface area contributed by atoms with Crippen LogP contribution < -0.4 is 4.57 Å². The van der Waals surface area contributed by atoms with E-state index in [0.29, 0.717) is 28.1 Å². The van der Waals surface area contributed by atoms with E-state index in [4.69, 9.17) is 23.3 Å². The van der Waals surface area contributed by atoms with E-state index in [1.165, 1.54) is 18.3 Å². The minimum atomic E-state index is -2.78. The van der Waals surface area contributed by atoms with Crippen LogP contribution in [0.3, 0.4) is 0 Å². The Morgan fingerprint density at radius 1 is 1.00 bits per heavy atom. The van der Waals surface area contributed by atoms with Crippen molar-refractivity contribution in [1.82, 2.24) is 0 Å². The van der Waals surface area contributed by atoms with E-state index in [1.54, 1.807) is 50.6 Å². The molecule has 5 aromatic rings. The quantitative estimate of drug-likeness (QED) is 0.186. The van der Waals surface area contributed by atoms with Gasteiger partial charge in [-0.2, -0.15) is 0 Å². The van der Waals surface area contributed by atoms with Gasteiger partial charge in [0.25, 0.3) is 0 Å². The number of rotatable bonds is 3. The van der Waals surface area contributed by atoms with E-state index in [2.05, 4.69) is 4.85 Å². The highest BCUT2D eigenvalue weighted by atomic mass is 16.3. The van der Waals surface area contributed by atoms with E-state index in [9.17, 15) is 0 Å². The molecule has 3 heteroatoms. The van der Waals surface area contributed by atoms with Crippen LogP contribution in [0.15, 0.2) is 65.2 Å². The third kappa shape index (κ3) is 4.18. The summed E-state index contributed by atoms with van der Waals surface area (Å²) in [6.45, 7) is 8.90. The molecule has 0 atom stereocenters. The highest BCUT2D eigenvalue weighted by Crippen LogP contribution is 2.39. The van der Waals surface area contributed by atoms with Crippen molar-refractivity contribution >= 4 is 27.6 Å². The van der Waals surface area contributed by atoms with Gasteiger partial charge in [-0.3, -0.25) is 0 Å². The maximum Gasteiger partial charge on any atom is 0.216 e. The molecule has 0 fully saturated rings. The zero-order chi connectivity index (χ0) is 33.4. The zero-order valence-electron chi connectivity index (χ0n) is 30.0. The Balaban J connectivity index is 1.89. The number of benzene rings is 3. The summed E-state index contributed by atoms with van der Waals surface area (Å²) >= 11 is 0. The van der Waals surface area contributed by atoms with Crippen molar-refractivity contribution in [3.63, 3.8) is 0 Å². The van der Waals surface area contributed by atoms with Gasteiger partial charge in [-0.05, 0) is 66.3 Å². The SMILES string of the molecule is [2H]c1cc(C([2H])([2H])C(C)(C)C)cc(C([2H])([2H])[2H])c1-c1cc(-c2c(C)ccc3c2oc2cc([N+]#[C-])ccc23)[n+](C)cc1C([2H])([2H])[2H]. The molecule has 0 saturated heterocycles. The van der Waals surface area contributed by atoms with Crippen LogP contribution >= 0.6 is 0 Å². The molecule has 0 aliphatic carbocycles. The number of aryl methyl sites for hydroxylation is 4. The molecule has 0 aliphatic rings. The number of nitrogens with zero attached hydrogens (tertiary/aromatic N) is 2. The van der Waals surface area contributed by atoms with Crippen LogP contribution in [-0.2, 0) is 13.4 Å².